The first-order chi connectivity index (χ1) is 10.3. The topological polar surface area (TPSA) is 35.5 Å². The minimum atomic E-state index is 0.262. The molecule has 1 aliphatic rings. The number of allylic oxidation sites excluding steroid dienone is 1. The molecule has 0 radical (unpaired) electrons. The molecule has 0 amide bonds. The van der Waals surface area contributed by atoms with Crippen LogP contribution in [0.4, 0.5) is 0 Å². The smallest absolute Gasteiger partial charge is 0.0558 e. The fourth-order valence-corrected chi connectivity index (χ4v) is 2.60. The van der Waals surface area contributed by atoms with E-state index in [0.717, 1.165) is 44.7 Å². The average molecular weight is 290 g/mol. The molecule has 1 aliphatic heterocycles. The largest absolute Gasteiger partial charge is 0.395 e. The van der Waals surface area contributed by atoms with E-state index >= 15 is 0 Å². The van der Waals surface area contributed by atoms with Crippen molar-refractivity contribution < 1.29 is 5.11 Å². The second kappa shape index (κ2) is 10.4. The Kier molecular flexibility index (Phi) is 8.79. The van der Waals surface area contributed by atoms with Crippen molar-refractivity contribution in [1.82, 2.24) is 10.2 Å². The number of aliphatic hydroxyl groups excluding tert-OH is 1. The van der Waals surface area contributed by atoms with E-state index in [1.54, 1.807) is 0 Å². The zero-order valence-electron chi connectivity index (χ0n) is 13.5. The third-order valence-corrected chi connectivity index (χ3v) is 3.86. The Hall–Kier alpha value is -1.32. The van der Waals surface area contributed by atoms with Crippen molar-refractivity contribution in [3.05, 3.63) is 48.2 Å². The van der Waals surface area contributed by atoms with Gasteiger partial charge in [0, 0.05) is 24.7 Å². The minimum absolute atomic E-state index is 0.262. The molecule has 0 bridgehead atoms. The van der Waals surface area contributed by atoms with Gasteiger partial charge in [0.2, 0.25) is 0 Å². The summed E-state index contributed by atoms with van der Waals surface area (Å²) in [4.78, 5) is 2.32. The van der Waals surface area contributed by atoms with Crippen molar-refractivity contribution in [3.8, 4) is 0 Å². The lowest BCUT2D eigenvalue weighted by atomic mass is 9.94. The highest BCUT2D eigenvalue weighted by Crippen LogP contribution is 2.22. The number of benzene rings is 1. The van der Waals surface area contributed by atoms with Crippen molar-refractivity contribution in [2.24, 2.45) is 5.92 Å². The second-order valence-corrected chi connectivity index (χ2v) is 5.20. The van der Waals surface area contributed by atoms with Crippen LogP contribution in [0.1, 0.15) is 32.3 Å². The van der Waals surface area contributed by atoms with Gasteiger partial charge in [0.15, 0.2) is 0 Å². The van der Waals surface area contributed by atoms with Gasteiger partial charge in [0.1, 0.15) is 0 Å². The molecule has 2 N–H and O–H groups in total. The van der Waals surface area contributed by atoms with E-state index in [0.29, 0.717) is 5.92 Å². The quantitative estimate of drug-likeness (QED) is 0.845. The molecule has 0 aromatic heterocycles. The lowest BCUT2D eigenvalue weighted by molar-refractivity contribution is 0.154. The van der Waals surface area contributed by atoms with E-state index in [2.05, 4.69) is 41.1 Å². The summed E-state index contributed by atoms with van der Waals surface area (Å²) in [5, 5.41) is 12.4. The molecule has 1 aromatic rings. The van der Waals surface area contributed by atoms with Gasteiger partial charge in [0.25, 0.3) is 0 Å². The van der Waals surface area contributed by atoms with Crippen molar-refractivity contribution in [3.63, 3.8) is 0 Å². The predicted molar refractivity (Wildman–Crippen MR) is 90.0 cm³/mol. The highest BCUT2D eigenvalue weighted by atomic mass is 16.3. The molecule has 0 unspecified atom stereocenters. The molecule has 0 aliphatic carbocycles. The molecule has 1 heterocycles. The van der Waals surface area contributed by atoms with E-state index in [1.807, 2.05) is 19.9 Å². The number of aliphatic hydroxyl groups is 1. The fraction of sp³-hybridized carbons (Fsp3) is 0.556. The van der Waals surface area contributed by atoms with Gasteiger partial charge in [-0.2, -0.15) is 0 Å². The van der Waals surface area contributed by atoms with E-state index < -0.39 is 0 Å². The Labute approximate surface area is 129 Å². The number of hydrogen-bond donors (Lipinski definition) is 2. The number of nitrogens with zero attached hydrogens (tertiary/aromatic N) is 1. The summed E-state index contributed by atoms with van der Waals surface area (Å²) in [6.45, 7) is 12.2. The van der Waals surface area contributed by atoms with Crippen LogP contribution in [0, 0.1) is 5.92 Å². The number of hydrogen-bond acceptors (Lipinski definition) is 3. The van der Waals surface area contributed by atoms with Crippen LogP contribution in [-0.4, -0.2) is 36.2 Å². The van der Waals surface area contributed by atoms with Gasteiger partial charge in [-0.3, -0.25) is 0 Å². The number of likely N-dealkylation sites (tertiary alicyclic amines) is 1. The molecular weight excluding hydrogens is 260 g/mol. The fourth-order valence-electron chi connectivity index (χ4n) is 2.60. The van der Waals surface area contributed by atoms with E-state index in [9.17, 15) is 0 Å². The number of nitrogens with one attached hydrogen (secondary N) is 1. The summed E-state index contributed by atoms with van der Waals surface area (Å²) in [7, 11) is 0. The zero-order chi connectivity index (χ0) is 15.5. The third-order valence-electron chi connectivity index (χ3n) is 3.86. The normalized spacial score (nSPS) is 16.0. The standard InChI is InChI=1S/C16H24N2O.C2H6/c1-14(17-13-15-5-3-2-4-6-15)16-7-9-18(10-8-16)11-12-19;1-2/h2-6,16-17,19H,1,7-13H2;1-2H3. The Morgan fingerprint density at radius 3 is 2.43 bits per heavy atom. The highest BCUT2D eigenvalue weighted by molar-refractivity contribution is 5.15. The maximum atomic E-state index is 8.93. The van der Waals surface area contributed by atoms with Crippen LogP contribution < -0.4 is 5.32 Å². The summed E-state index contributed by atoms with van der Waals surface area (Å²) >= 11 is 0. The molecule has 1 fully saturated rings. The lowest BCUT2D eigenvalue weighted by Crippen LogP contribution is -2.37. The Bertz CT molecular complexity index is 383. The molecule has 0 saturated carbocycles. The van der Waals surface area contributed by atoms with Crippen molar-refractivity contribution in [1.29, 1.82) is 0 Å². The maximum Gasteiger partial charge on any atom is 0.0558 e. The molecule has 3 heteroatoms. The van der Waals surface area contributed by atoms with Gasteiger partial charge < -0.3 is 15.3 Å². The molecule has 1 aromatic carbocycles. The maximum absolute atomic E-state index is 8.93. The lowest BCUT2D eigenvalue weighted by Gasteiger charge is -2.32. The van der Waals surface area contributed by atoms with Gasteiger partial charge in [-0.15, -0.1) is 0 Å². The molecule has 0 atom stereocenters. The summed E-state index contributed by atoms with van der Waals surface area (Å²) < 4.78 is 0. The summed E-state index contributed by atoms with van der Waals surface area (Å²) in [5.41, 5.74) is 2.45. The zero-order valence-corrected chi connectivity index (χ0v) is 13.5. The Balaban J connectivity index is 0.00000106. The SMILES string of the molecule is C=C(NCc1ccccc1)C1CCN(CCO)CC1.CC. The van der Waals surface area contributed by atoms with Gasteiger partial charge in [-0.1, -0.05) is 50.8 Å². The van der Waals surface area contributed by atoms with E-state index in [1.165, 1.54) is 5.56 Å². The molecule has 1 saturated heterocycles. The minimum Gasteiger partial charge on any atom is -0.395 e. The van der Waals surface area contributed by atoms with Crippen LogP contribution in [0.5, 0.6) is 0 Å². The van der Waals surface area contributed by atoms with Crippen LogP contribution in [0.2, 0.25) is 0 Å². The molecule has 118 valence electrons. The molecule has 2 rings (SSSR count). The second-order valence-electron chi connectivity index (χ2n) is 5.20. The van der Waals surface area contributed by atoms with Gasteiger partial charge >= 0.3 is 0 Å². The molecule has 21 heavy (non-hydrogen) atoms. The van der Waals surface area contributed by atoms with Gasteiger partial charge in [-0.05, 0) is 31.5 Å². The third kappa shape index (κ3) is 6.32. The summed E-state index contributed by atoms with van der Waals surface area (Å²) in [6.07, 6.45) is 2.28. The molecule has 3 nitrogen and oxygen atoms in total. The van der Waals surface area contributed by atoms with Crippen molar-refractivity contribution >= 4 is 0 Å². The first-order valence-corrected chi connectivity index (χ1v) is 8.09. The van der Waals surface area contributed by atoms with Gasteiger partial charge in [0.05, 0.1) is 6.61 Å². The molecular formula is C18H30N2O. The number of piperidine rings is 1. The Morgan fingerprint density at radius 2 is 1.86 bits per heavy atom. The van der Waals surface area contributed by atoms with Crippen molar-refractivity contribution in [2.45, 2.75) is 33.2 Å². The Morgan fingerprint density at radius 1 is 1.24 bits per heavy atom. The monoisotopic (exact) mass is 290 g/mol. The van der Waals surface area contributed by atoms with Crippen LogP contribution >= 0.6 is 0 Å². The average Bonchev–Trinajstić information content (AvgIpc) is 2.56. The van der Waals surface area contributed by atoms with Crippen LogP contribution in [0.25, 0.3) is 0 Å². The predicted octanol–water partition coefficient (Wildman–Crippen LogP) is 3.02. The summed E-state index contributed by atoms with van der Waals surface area (Å²) in [5.74, 6) is 0.568. The van der Waals surface area contributed by atoms with E-state index in [-0.39, 0.29) is 6.61 Å². The van der Waals surface area contributed by atoms with Crippen LogP contribution in [-0.2, 0) is 6.54 Å². The highest BCUT2D eigenvalue weighted by Gasteiger charge is 2.20. The van der Waals surface area contributed by atoms with E-state index in [4.69, 9.17) is 5.11 Å². The first kappa shape index (κ1) is 17.7. The van der Waals surface area contributed by atoms with Crippen LogP contribution in [0.3, 0.4) is 0 Å². The number of β-amino-alcohol motifs (C(OH)–C–C–N with tert-alkyl or cyclic N) is 1. The molecule has 0 spiro atoms. The van der Waals surface area contributed by atoms with Crippen LogP contribution in [0.15, 0.2) is 42.6 Å². The van der Waals surface area contributed by atoms with Gasteiger partial charge in [-0.25, -0.2) is 0 Å². The van der Waals surface area contributed by atoms with Crippen molar-refractivity contribution in [2.75, 3.05) is 26.2 Å². The number of rotatable bonds is 6. The summed E-state index contributed by atoms with van der Waals surface area (Å²) in [6, 6.07) is 10.4. The first-order valence-electron chi connectivity index (χ1n) is 8.09.